The zero-order valence-corrected chi connectivity index (χ0v) is 12.6. The Balaban J connectivity index is 2.01. The van der Waals surface area contributed by atoms with Gasteiger partial charge < -0.3 is 20.3 Å². The Bertz CT molecular complexity index is 490. The molecule has 2 heterocycles. The second kappa shape index (κ2) is 7.05. The molecule has 8 nitrogen and oxygen atoms in total. The summed E-state index contributed by atoms with van der Waals surface area (Å²) >= 11 is 0. The Hall–Kier alpha value is -2.12. The molecule has 2 rings (SSSR count). The van der Waals surface area contributed by atoms with E-state index in [-0.39, 0.29) is 24.4 Å². The molecule has 8 heteroatoms. The van der Waals surface area contributed by atoms with Crippen LogP contribution in [0.3, 0.4) is 0 Å². The van der Waals surface area contributed by atoms with E-state index in [2.05, 4.69) is 15.0 Å². The summed E-state index contributed by atoms with van der Waals surface area (Å²) in [5.41, 5.74) is 5.66. The van der Waals surface area contributed by atoms with Gasteiger partial charge in [0, 0.05) is 20.1 Å². The monoisotopic (exact) mass is 294 g/mol. The van der Waals surface area contributed by atoms with Crippen LogP contribution in [0.15, 0.2) is 0 Å². The number of hydrogen-bond acceptors (Lipinski definition) is 7. The van der Waals surface area contributed by atoms with Crippen molar-refractivity contribution in [3.05, 3.63) is 0 Å². The lowest BCUT2D eigenvalue weighted by atomic mass is 10.4. The lowest BCUT2D eigenvalue weighted by Gasteiger charge is -2.21. The maximum Gasteiger partial charge on any atom is 0.323 e. The fourth-order valence-electron chi connectivity index (χ4n) is 2.13. The molecule has 1 aromatic heterocycles. The van der Waals surface area contributed by atoms with Gasteiger partial charge in [0.25, 0.3) is 0 Å². The molecule has 0 atom stereocenters. The van der Waals surface area contributed by atoms with Crippen LogP contribution >= 0.6 is 0 Å². The van der Waals surface area contributed by atoms with Crippen molar-refractivity contribution < 1.29 is 9.53 Å². The van der Waals surface area contributed by atoms with E-state index < -0.39 is 0 Å². The van der Waals surface area contributed by atoms with E-state index in [1.165, 1.54) is 0 Å². The first kappa shape index (κ1) is 15.3. The number of amides is 1. The van der Waals surface area contributed by atoms with Gasteiger partial charge in [-0.05, 0) is 19.3 Å². The number of ether oxygens (including phenoxy) is 1. The average molecular weight is 294 g/mol. The number of hydrogen-bond donors (Lipinski definition) is 1. The van der Waals surface area contributed by atoms with Gasteiger partial charge in [-0.1, -0.05) is 6.92 Å². The van der Waals surface area contributed by atoms with E-state index in [1.807, 2.05) is 11.8 Å². The first-order chi connectivity index (χ1) is 10.1. The fraction of sp³-hybridized carbons (Fsp3) is 0.692. The zero-order chi connectivity index (χ0) is 15.2. The van der Waals surface area contributed by atoms with Gasteiger partial charge in [0.1, 0.15) is 0 Å². The van der Waals surface area contributed by atoms with Gasteiger partial charge in [-0.2, -0.15) is 15.0 Å². The number of anilines is 2. The van der Waals surface area contributed by atoms with Gasteiger partial charge in [-0.3, -0.25) is 4.79 Å². The number of nitrogens with two attached hydrogens (primary N) is 1. The zero-order valence-electron chi connectivity index (χ0n) is 12.6. The van der Waals surface area contributed by atoms with Crippen LogP contribution in [0, 0.1) is 0 Å². The van der Waals surface area contributed by atoms with E-state index >= 15 is 0 Å². The van der Waals surface area contributed by atoms with Crippen molar-refractivity contribution in [3.63, 3.8) is 0 Å². The second-order valence-electron chi connectivity index (χ2n) is 5.07. The maximum absolute atomic E-state index is 12.1. The van der Waals surface area contributed by atoms with Crippen molar-refractivity contribution >= 4 is 17.8 Å². The lowest BCUT2D eigenvalue weighted by molar-refractivity contribution is -0.128. The van der Waals surface area contributed by atoms with Crippen LogP contribution in [0.1, 0.15) is 26.2 Å². The van der Waals surface area contributed by atoms with E-state index in [0.717, 1.165) is 32.4 Å². The molecule has 0 saturated carbocycles. The number of carbonyl (C=O) groups excluding carboxylic acids is 1. The highest BCUT2D eigenvalue weighted by Gasteiger charge is 2.20. The molecule has 1 aromatic rings. The predicted molar refractivity (Wildman–Crippen MR) is 79.1 cm³/mol. The van der Waals surface area contributed by atoms with Crippen LogP contribution < -0.4 is 15.4 Å². The predicted octanol–water partition coefficient (Wildman–Crippen LogP) is 0.301. The Kier molecular flexibility index (Phi) is 5.13. The third-order valence-electron chi connectivity index (χ3n) is 3.23. The molecule has 1 saturated heterocycles. The first-order valence-corrected chi connectivity index (χ1v) is 7.23. The van der Waals surface area contributed by atoms with E-state index in [4.69, 9.17) is 10.5 Å². The van der Waals surface area contributed by atoms with Crippen LogP contribution in [0.5, 0.6) is 6.01 Å². The van der Waals surface area contributed by atoms with Crippen LogP contribution in [0.25, 0.3) is 0 Å². The molecule has 0 bridgehead atoms. The number of nitrogen functional groups attached to an aromatic ring is 1. The van der Waals surface area contributed by atoms with Crippen molar-refractivity contribution in [2.24, 2.45) is 0 Å². The molecule has 1 aliphatic rings. The lowest BCUT2D eigenvalue weighted by Crippen LogP contribution is -2.38. The Morgan fingerprint density at radius 2 is 2.05 bits per heavy atom. The van der Waals surface area contributed by atoms with Crippen LogP contribution in [0.4, 0.5) is 11.9 Å². The van der Waals surface area contributed by atoms with Gasteiger partial charge >= 0.3 is 6.01 Å². The summed E-state index contributed by atoms with van der Waals surface area (Å²) in [6.45, 7) is 4.38. The van der Waals surface area contributed by atoms with Crippen molar-refractivity contribution in [2.45, 2.75) is 26.2 Å². The second-order valence-corrected chi connectivity index (χ2v) is 5.07. The number of nitrogens with zero attached hydrogens (tertiary/aromatic N) is 5. The average Bonchev–Trinajstić information content (AvgIpc) is 2.98. The fourth-order valence-corrected chi connectivity index (χ4v) is 2.13. The number of carbonyl (C=O) groups is 1. The standard InChI is InChI=1S/C13H22N6O2/c1-3-8-21-13-16-11(14)15-12(17-13)18(2)9-10(20)19-6-4-5-7-19/h3-9H2,1-2H3,(H2,14,15,16,17). The molecule has 0 unspecified atom stereocenters. The minimum atomic E-state index is 0.0741. The molecule has 1 fully saturated rings. The molecular formula is C13H22N6O2. The van der Waals surface area contributed by atoms with E-state index in [9.17, 15) is 4.79 Å². The molecule has 0 aliphatic carbocycles. The molecule has 1 amide bonds. The molecule has 1 aliphatic heterocycles. The topological polar surface area (TPSA) is 97.5 Å². The van der Waals surface area contributed by atoms with Crippen LogP contribution in [0.2, 0.25) is 0 Å². The van der Waals surface area contributed by atoms with Crippen LogP contribution in [-0.2, 0) is 4.79 Å². The highest BCUT2D eigenvalue weighted by molar-refractivity contribution is 5.81. The summed E-state index contributed by atoms with van der Waals surface area (Å²) in [4.78, 5) is 27.8. The molecule has 0 radical (unpaired) electrons. The largest absolute Gasteiger partial charge is 0.463 e. The normalized spacial score (nSPS) is 14.3. The summed E-state index contributed by atoms with van der Waals surface area (Å²) in [5, 5.41) is 0. The van der Waals surface area contributed by atoms with Gasteiger partial charge in [0.2, 0.25) is 17.8 Å². The van der Waals surface area contributed by atoms with Gasteiger partial charge in [0.05, 0.1) is 13.2 Å². The summed E-state index contributed by atoms with van der Waals surface area (Å²) in [7, 11) is 1.76. The minimum Gasteiger partial charge on any atom is -0.463 e. The van der Waals surface area contributed by atoms with Gasteiger partial charge in [-0.15, -0.1) is 0 Å². The summed E-state index contributed by atoms with van der Waals surface area (Å²) in [6, 6.07) is 0.194. The molecule has 0 aromatic carbocycles. The minimum absolute atomic E-state index is 0.0741. The van der Waals surface area contributed by atoms with Gasteiger partial charge in [-0.25, -0.2) is 0 Å². The smallest absolute Gasteiger partial charge is 0.323 e. The van der Waals surface area contributed by atoms with Crippen molar-refractivity contribution in [2.75, 3.05) is 43.9 Å². The first-order valence-electron chi connectivity index (χ1n) is 7.23. The molecule has 0 spiro atoms. The highest BCUT2D eigenvalue weighted by atomic mass is 16.5. The molecule has 21 heavy (non-hydrogen) atoms. The molecule has 2 N–H and O–H groups in total. The number of aromatic nitrogens is 3. The highest BCUT2D eigenvalue weighted by Crippen LogP contribution is 2.14. The number of likely N-dealkylation sites (tertiary alicyclic amines) is 1. The quantitative estimate of drug-likeness (QED) is 0.805. The van der Waals surface area contributed by atoms with Crippen molar-refractivity contribution in [1.82, 2.24) is 19.9 Å². The van der Waals surface area contributed by atoms with E-state index in [1.54, 1.807) is 11.9 Å². The summed E-state index contributed by atoms with van der Waals surface area (Å²) in [5.74, 6) is 0.512. The summed E-state index contributed by atoms with van der Waals surface area (Å²) in [6.07, 6.45) is 3.00. The number of rotatable bonds is 6. The Morgan fingerprint density at radius 3 is 2.71 bits per heavy atom. The number of likely N-dealkylation sites (N-methyl/N-ethyl adjacent to an activating group) is 1. The third-order valence-corrected chi connectivity index (χ3v) is 3.23. The summed E-state index contributed by atoms with van der Waals surface area (Å²) < 4.78 is 5.37. The van der Waals surface area contributed by atoms with Crippen molar-refractivity contribution in [1.29, 1.82) is 0 Å². The molecular weight excluding hydrogens is 272 g/mol. The Labute approximate surface area is 124 Å². The Morgan fingerprint density at radius 1 is 1.33 bits per heavy atom. The van der Waals surface area contributed by atoms with Gasteiger partial charge in [0.15, 0.2) is 0 Å². The van der Waals surface area contributed by atoms with Crippen LogP contribution in [-0.4, -0.2) is 59.0 Å². The molecule has 116 valence electrons. The van der Waals surface area contributed by atoms with Crippen molar-refractivity contribution in [3.8, 4) is 6.01 Å². The third kappa shape index (κ3) is 4.17. The SMILES string of the molecule is CCCOc1nc(N)nc(N(C)CC(=O)N2CCCC2)n1. The maximum atomic E-state index is 12.1. The van der Waals surface area contributed by atoms with E-state index in [0.29, 0.717) is 12.6 Å².